The maximum Gasteiger partial charge on any atom is 0.0287 e. The van der Waals surface area contributed by atoms with Crippen molar-refractivity contribution in [3.05, 3.63) is 122 Å². The topological polar surface area (TPSA) is 0 Å². The van der Waals surface area contributed by atoms with Crippen LogP contribution in [0.4, 0.5) is 0 Å². The standard InChI is InChI=1S/C41H48/c1-24(2)34-20-33(19-18-32-16-14-26(5)15-17-32)28(7)37-29(8)38-31(10)41(13)30(9)36(25(3)4)27(6)21-40(41,12)23-39(38,11)22-35(34)37/h14-17,20,24H,3,8-9,21-23H2,1-2,4-7,10-13H3/t39-,40+,41-/m1/s1. The lowest BCUT2D eigenvalue weighted by molar-refractivity contribution is 0.0543. The normalized spacial score (nSPS) is 27.3. The molecule has 3 atom stereocenters. The molecule has 0 saturated heterocycles. The summed E-state index contributed by atoms with van der Waals surface area (Å²) in [5, 5.41) is 0. The van der Waals surface area contributed by atoms with E-state index in [1.165, 1.54) is 61.3 Å². The van der Waals surface area contributed by atoms with Gasteiger partial charge in [0, 0.05) is 16.5 Å². The second kappa shape index (κ2) is 9.63. The van der Waals surface area contributed by atoms with E-state index in [4.69, 9.17) is 13.2 Å². The maximum absolute atomic E-state index is 4.89. The Hall–Kier alpha value is -3.30. The zero-order chi connectivity index (χ0) is 30.2. The van der Waals surface area contributed by atoms with Crippen LogP contribution in [-0.4, -0.2) is 0 Å². The van der Waals surface area contributed by atoms with Gasteiger partial charge in [0.1, 0.15) is 0 Å². The van der Waals surface area contributed by atoms with Crippen LogP contribution in [0.5, 0.6) is 0 Å². The molecule has 0 heteroatoms. The summed E-state index contributed by atoms with van der Waals surface area (Å²) in [5.41, 5.74) is 18.1. The summed E-state index contributed by atoms with van der Waals surface area (Å²) in [5.74, 6) is 7.42. The first-order valence-electron chi connectivity index (χ1n) is 15.3. The van der Waals surface area contributed by atoms with Gasteiger partial charge in [-0.25, -0.2) is 0 Å². The van der Waals surface area contributed by atoms with Gasteiger partial charge in [0.2, 0.25) is 0 Å². The van der Waals surface area contributed by atoms with Crippen molar-refractivity contribution in [3.63, 3.8) is 0 Å². The minimum absolute atomic E-state index is 0.0227. The van der Waals surface area contributed by atoms with Gasteiger partial charge in [-0.1, -0.05) is 101 Å². The van der Waals surface area contributed by atoms with Crippen LogP contribution in [0.3, 0.4) is 0 Å². The highest BCUT2D eigenvalue weighted by atomic mass is 14.6. The molecule has 0 spiro atoms. The van der Waals surface area contributed by atoms with E-state index in [-0.39, 0.29) is 16.2 Å². The summed E-state index contributed by atoms with van der Waals surface area (Å²) >= 11 is 0. The van der Waals surface area contributed by atoms with E-state index in [0.717, 1.165) is 36.0 Å². The molecule has 0 fully saturated rings. The van der Waals surface area contributed by atoms with Crippen LogP contribution in [0.25, 0.3) is 5.57 Å². The van der Waals surface area contributed by atoms with E-state index in [2.05, 4.69) is 118 Å². The highest BCUT2D eigenvalue weighted by Crippen LogP contribution is 2.70. The SMILES string of the molecule is C=C(C)C1=C(C)C[C@@]2(C)C[C@@]3(C)Cc4c(C(C)C)cc(C#Cc5ccc(C)cc5)c(C)c4C(=C)C3=C(C)[C@@]2(C)C1=C. The molecular weight excluding hydrogens is 492 g/mol. The summed E-state index contributed by atoms with van der Waals surface area (Å²) in [6, 6.07) is 10.9. The number of hydrogen-bond acceptors (Lipinski definition) is 0. The van der Waals surface area contributed by atoms with Gasteiger partial charge < -0.3 is 0 Å². The Morgan fingerprint density at radius 3 is 2.15 bits per heavy atom. The number of benzene rings is 2. The third kappa shape index (κ3) is 4.19. The van der Waals surface area contributed by atoms with Crippen LogP contribution < -0.4 is 0 Å². The fourth-order valence-electron chi connectivity index (χ4n) is 9.05. The molecule has 212 valence electrons. The fraction of sp³-hybridized carbons (Fsp3) is 0.415. The lowest BCUT2D eigenvalue weighted by Gasteiger charge is -2.62. The number of allylic oxidation sites excluding steroid dienone is 7. The third-order valence-electron chi connectivity index (χ3n) is 11.0. The van der Waals surface area contributed by atoms with Gasteiger partial charge in [0.25, 0.3) is 0 Å². The van der Waals surface area contributed by atoms with Gasteiger partial charge in [0.05, 0.1) is 0 Å². The highest BCUT2D eigenvalue weighted by molar-refractivity contribution is 5.88. The Bertz CT molecular complexity index is 1650. The van der Waals surface area contributed by atoms with Crippen molar-refractivity contribution in [1.82, 2.24) is 0 Å². The molecule has 2 aromatic rings. The molecule has 0 aliphatic heterocycles. The molecule has 0 amide bonds. The molecule has 5 rings (SSSR count). The Kier molecular flexibility index (Phi) is 6.86. The van der Waals surface area contributed by atoms with E-state index < -0.39 is 0 Å². The van der Waals surface area contributed by atoms with Gasteiger partial charge in [-0.05, 0) is 133 Å². The first-order valence-corrected chi connectivity index (χ1v) is 15.3. The zero-order valence-corrected chi connectivity index (χ0v) is 27.2. The third-order valence-corrected chi connectivity index (χ3v) is 11.0. The molecule has 0 saturated carbocycles. The molecule has 41 heavy (non-hydrogen) atoms. The van der Waals surface area contributed by atoms with Crippen molar-refractivity contribution in [2.45, 2.75) is 94.4 Å². The maximum atomic E-state index is 4.89. The molecule has 0 radical (unpaired) electrons. The molecule has 3 aliphatic rings. The summed E-state index contributed by atoms with van der Waals surface area (Å²) in [4.78, 5) is 0. The quantitative estimate of drug-likeness (QED) is 0.332. The molecule has 0 N–H and O–H groups in total. The van der Waals surface area contributed by atoms with E-state index in [1.807, 2.05) is 0 Å². The summed E-state index contributed by atoms with van der Waals surface area (Å²) < 4.78 is 0. The predicted molar refractivity (Wildman–Crippen MR) is 178 cm³/mol. The van der Waals surface area contributed by atoms with E-state index in [9.17, 15) is 0 Å². The second-order valence-electron chi connectivity index (χ2n) is 14.4. The van der Waals surface area contributed by atoms with Gasteiger partial charge >= 0.3 is 0 Å². The lowest BCUT2D eigenvalue weighted by atomic mass is 9.41. The van der Waals surface area contributed by atoms with Crippen LogP contribution in [0.1, 0.15) is 113 Å². The number of hydrogen-bond donors (Lipinski definition) is 0. The Balaban J connectivity index is 1.74. The van der Waals surface area contributed by atoms with Crippen LogP contribution in [0.2, 0.25) is 0 Å². The molecule has 0 bridgehead atoms. The monoisotopic (exact) mass is 540 g/mol. The number of fused-ring (bicyclic) bond motifs is 3. The van der Waals surface area contributed by atoms with Crippen LogP contribution in [-0.2, 0) is 6.42 Å². The first-order chi connectivity index (χ1) is 19.1. The fourth-order valence-corrected chi connectivity index (χ4v) is 9.05. The van der Waals surface area contributed by atoms with Crippen molar-refractivity contribution < 1.29 is 0 Å². The minimum Gasteiger partial charge on any atom is -0.0955 e. The molecular formula is C41H48. The largest absolute Gasteiger partial charge is 0.0955 e. The van der Waals surface area contributed by atoms with E-state index in [0.29, 0.717) is 5.92 Å². The predicted octanol–water partition coefficient (Wildman–Crippen LogP) is 11.0. The number of aryl methyl sites for hydroxylation is 1. The first kappa shape index (κ1) is 29.2. The zero-order valence-electron chi connectivity index (χ0n) is 27.2. The van der Waals surface area contributed by atoms with Crippen molar-refractivity contribution in [3.8, 4) is 11.8 Å². The molecule has 0 heterocycles. The van der Waals surface area contributed by atoms with E-state index >= 15 is 0 Å². The lowest BCUT2D eigenvalue weighted by Crippen LogP contribution is -2.52. The van der Waals surface area contributed by atoms with Gasteiger partial charge in [-0.2, -0.15) is 0 Å². The van der Waals surface area contributed by atoms with Crippen molar-refractivity contribution in [2.75, 3.05) is 0 Å². The van der Waals surface area contributed by atoms with Crippen molar-refractivity contribution in [1.29, 1.82) is 0 Å². The Labute approximate surface area is 250 Å². The Morgan fingerprint density at radius 1 is 0.927 bits per heavy atom. The smallest absolute Gasteiger partial charge is 0.0287 e. The molecule has 0 nitrogen and oxygen atoms in total. The van der Waals surface area contributed by atoms with Crippen LogP contribution in [0, 0.1) is 41.9 Å². The summed E-state index contributed by atoms with van der Waals surface area (Å²) in [7, 11) is 0. The molecule has 3 aliphatic carbocycles. The number of rotatable bonds is 2. The summed E-state index contributed by atoms with van der Waals surface area (Å²) in [6.07, 6.45) is 3.24. The average molecular weight is 541 g/mol. The van der Waals surface area contributed by atoms with Crippen molar-refractivity contribution in [2.24, 2.45) is 16.2 Å². The summed E-state index contributed by atoms with van der Waals surface area (Å²) in [6.45, 7) is 37.3. The highest BCUT2D eigenvalue weighted by Gasteiger charge is 2.59. The van der Waals surface area contributed by atoms with Gasteiger partial charge in [-0.15, -0.1) is 0 Å². The van der Waals surface area contributed by atoms with Crippen molar-refractivity contribution >= 4 is 5.57 Å². The van der Waals surface area contributed by atoms with Crippen LogP contribution in [0.15, 0.2) is 83.5 Å². The van der Waals surface area contributed by atoms with Crippen LogP contribution >= 0.6 is 0 Å². The molecule has 0 unspecified atom stereocenters. The average Bonchev–Trinajstić information content (AvgIpc) is 2.86. The molecule has 0 aromatic heterocycles. The van der Waals surface area contributed by atoms with E-state index in [1.54, 1.807) is 0 Å². The second-order valence-corrected chi connectivity index (χ2v) is 14.4. The van der Waals surface area contributed by atoms with Gasteiger partial charge in [-0.3, -0.25) is 0 Å². The minimum atomic E-state index is -0.145. The Morgan fingerprint density at radius 2 is 1.56 bits per heavy atom. The van der Waals surface area contributed by atoms with Gasteiger partial charge in [0.15, 0.2) is 0 Å². The molecule has 2 aromatic carbocycles.